The molecule has 0 aliphatic heterocycles. The van der Waals surface area contributed by atoms with E-state index in [4.69, 9.17) is 11.2 Å². The molecule has 1 aromatic heterocycles. The average molecular weight is 381 g/mol. The second-order valence-electron chi connectivity index (χ2n) is 6.53. The molecule has 0 atom stereocenters. The third kappa shape index (κ3) is 3.56. The highest BCUT2D eigenvalue weighted by molar-refractivity contribution is 6.03. The van der Waals surface area contributed by atoms with Gasteiger partial charge < -0.3 is 9.30 Å². The lowest BCUT2D eigenvalue weighted by Gasteiger charge is -2.09. The van der Waals surface area contributed by atoms with Crippen molar-refractivity contribution in [2.45, 2.75) is 6.54 Å². The standard InChI is InChI=1S/C24H19N3O2/c1-3-12-27-16-19(20-10-6-7-11-22(20)27)15-25-26-24(28)21-13-17-8-4-5-9-18(17)14-23(21)29-2/h1,4-11,13-16H,12H2,2H3,(H,26,28). The molecule has 1 heterocycles. The van der Waals surface area contributed by atoms with Crippen LogP contribution in [-0.2, 0) is 6.54 Å². The van der Waals surface area contributed by atoms with Gasteiger partial charge in [-0.1, -0.05) is 48.4 Å². The van der Waals surface area contributed by atoms with Gasteiger partial charge >= 0.3 is 0 Å². The molecule has 0 spiro atoms. The number of methoxy groups -OCH3 is 1. The minimum atomic E-state index is -0.337. The van der Waals surface area contributed by atoms with Crippen molar-refractivity contribution >= 4 is 33.8 Å². The number of carbonyl (C=O) groups excluding carboxylic acids is 1. The number of benzene rings is 3. The first-order chi connectivity index (χ1) is 14.2. The van der Waals surface area contributed by atoms with Crippen LogP contribution in [-0.4, -0.2) is 23.8 Å². The molecule has 0 saturated carbocycles. The summed E-state index contributed by atoms with van der Waals surface area (Å²) in [6.45, 7) is 0.467. The zero-order valence-corrected chi connectivity index (χ0v) is 15.9. The predicted molar refractivity (Wildman–Crippen MR) is 116 cm³/mol. The Morgan fingerprint density at radius 1 is 1.17 bits per heavy atom. The Labute approximate surface area is 168 Å². The van der Waals surface area contributed by atoms with Crippen LogP contribution in [0.5, 0.6) is 5.75 Å². The number of carbonyl (C=O) groups is 1. The molecular formula is C24H19N3O2. The van der Waals surface area contributed by atoms with Gasteiger partial charge in [-0.3, -0.25) is 4.79 Å². The second-order valence-corrected chi connectivity index (χ2v) is 6.53. The van der Waals surface area contributed by atoms with Gasteiger partial charge in [-0.15, -0.1) is 6.42 Å². The average Bonchev–Trinajstić information content (AvgIpc) is 3.10. The molecule has 3 aromatic carbocycles. The van der Waals surface area contributed by atoms with Crippen LogP contribution in [0.1, 0.15) is 15.9 Å². The number of hydrogen-bond acceptors (Lipinski definition) is 3. The molecule has 4 aromatic rings. The van der Waals surface area contributed by atoms with E-state index in [1.54, 1.807) is 19.4 Å². The zero-order valence-electron chi connectivity index (χ0n) is 15.9. The summed E-state index contributed by atoms with van der Waals surface area (Å²) in [6, 6.07) is 19.4. The predicted octanol–water partition coefficient (Wildman–Crippen LogP) is 4.20. The van der Waals surface area contributed by atoms with Crippen molar-refractivity contribution in [1.29, 1.82) is 0 Å². The second kappa shape index (κ2) is 7.91. The van der Waals surface area contributed by atoms with Crippen LogP contribution in [0.4, 0.5) is 0 Å². The fraction of sp³-hybridized carbons (Fsp3) is 0.0833. The fourth-order valence-electron chi connectivity index (χ4n) is 3.39. The van der Waals surface area contributed by atoms with E-state index >= 15 is 0 Å². The molecule has 1 N–H and O–H groups in total. The van der Waals surface area contributed by atoms with E-state index in [1.807, 2.05) is 65.4 Å². The topological polar surface area (TPSA) is 55.6 Å². The Balaban J connectivity index is 1.61. The number of hydrazone groups is 1. The lowest BCUT2D eigenvalue weighted by atomic mass is 10.1. The third-order valence-corrected chi connectivity index (χ3v) is 4.76. The highest BCUT2D eigenvalue weighted by Crippen LogP contribution is 2.26. The summed E-state index contributed by atoms with van der Waals surface area (Å²) in [7, 11) is 1.55. The monoisotopic (exact) mass is 381 g/mol. The first-order valence-electron chi connectivity index (χ1n) is 9.13. The maximum atomic E-state index is 12.7. The summed E-state index contributed by atoms with van der Waals surface area (Å²) in [5, 5.41) is 7.13. The number of fused-ring (bicyclic) bond motifs is 2. The summed E-state index contributed by atoms with van der Waals surface area (Å²) >= 11 is 0. The van der Waals surface area contributed by atoms with Crippen LogP contribution in [0.25, 0.3) is 21.7 Å². The maximum Gasteiger partial charge on any atom is 0.275 e. The number of nitrogens with zero attached hydrogens (tertiary/aromatic N) is 2. The van der Waals surface area contributed by atoms with E-state index in [9.17, 15) is 4.79 Å². The van der Waals surface area contributed by atoms with Crippen molar-refractivity contribution in [3.05, 3.63) is 78.0 Å². The van der Waals surface area contributed by atoms with Gasteiger partial charge in [-0.25, -0.2) is 5.43 Å². The molecule has 0 radical (unpaired) electrons. The molecule has 0 saturated heterocycles. The molecule has 4 rings (SSSR count). The van der Waals surface area contributed by atoms with Gasteiger partial charge in [-0.2, -0.15) is 5.10 Å². The molecule has 1 amide bonds. The molecule has 5 heteroatoms. The van der Waals surface area contributed by atoms with Crippen molar-refractivity contribution in [2.75, 3.05) is 7.11 Å². The van der Waals surface area contributed by atoms with Crippen LogP contribution in [0.2, 0.25) is 0 Å². The smallest absolute Gasteiger partial charge is 0.275 e. The number of terminal acetylenes is 1. The summed E-state index contributed by atoms with van der Waals surface area (Å²) in [5.74, 6) is 2.81. The molecule has 29 heavy (non-hydrogen) atoms. The van der Waals surface area contributed by atoms with Gasteiger partial charge in [0.15, 0.2) is 0 Å². The normalized spacial score (nSPS) is 11.0. The van der Waals surface area contributed by atoms with E-state index < -0.39 is 0 Å². The number of hydrogen-bond donors (Lipinski definition) is 1. The van der Waals surface area contributed by atoms with E-state index in [-0.39, 0.29) is 5.91 Å². The Morgan fingerprint density at radius 3 is 2.66 bits per heavy atom. The summed E-state index contributed by atoms with van der Waals surface area (Å²) in [6.07, 6.45) is 9.01. The zero-order chi connectivity index (χ0) is 20.2. The fourth-order valence-corrected chi connectivity index (χ4v) is 3.39. The van der Waals surface area contributed by atoms with Crippen molar-refractivity contribution in [2.24, 2.45) is 5.10 Å². The molecule has 0 unspecified atom stereocenters. The van der Waals surface area contributed by atoms with Crippen molar-refractivity contribution in [3.8, 4) is 18.1 Å². The number of aromatic nitrogens is 1. The molecule has 5 nitrogen and oxygen atoms in total. The molecule has 0 aliphatic carbocycles. The van der Waals surface area contributed by atoms with Gasteiger partial charge in [-0.05, 0) is 29.0 Å². The number of nitrogens with one attached hydrogen (secondary N) is 1. The third-order valence-electron chi connectivity index (χ3n) is 4.76. The van der Waals surface area contributed by atoms with Crippen LogP contribution in [0.3, 0.4) is 0 Å². The highest BCUT2D eigenvalue weighted by Gasteiger charge is 2.13. The van der Waals surface area contributed by atoms with E-state index in [2.05, 4.69) is 16.4 Å². The lowest BCUT2D eigenvalue weighted by Crippen LogP contribution is -2.18. The lowest BCUT2D eigenvalue weighted by molar-refractivity contribution is 0.0952. The quantitative estimate of drug-likeness (QED) is 0.320. The first kappa shape index (κ1) is 18.3. The van der Waals surface area contributed by atoms with Gasteiger partial charge in [0.2, 0.25) is 0 Å². The molecule has 0 bridgehead atoms. The van der Waals surface area contributed by atoms with E-state index in [0.717, 1.165) is 27.2 Å². The molecule has 0 aliphatic rings. The van der Waals surface area contributed by atoms with Crippen molar-refractivity contribution in [1.82, 2.24) is 9.99 Å². The Bertz CT molecular complexity index is 1280. The van der Waals surface area contributed by atoms with Crippen molar-refractivity contribution < 1.29 is 9.53 Å². The van der Waals surface area contributed by atoms with E-state index in [0.29, 0.717) is 17.9 Å². The van der Waals surface area contributed by atoms with Gasteiger partial charge in [0.1, 0.15) is 5.75 Å². The Hall–Kier alpha value is -4.04. The number of ether oxygens (including phenoxy) is 1. The maximum absolute atomic E-state index is 12.7. The van der Waals surface area contributed by atoms with Crippen LogP contribution in [0.15, 0.2) is 72.0 Å². The van der Waals surface area contributed by atoms with Gasteiger partial charge in [0, 0.05) is 22.7 Å². The number of rotatable bonds is 5. The SMILES string of the molecule is C#CCn1cc(C=NNC(=O)c2cc3ccccc3cc2OC)c2ccccc21. The molecule has 0 fully saturated rings. The Kier molecular flexibility index (Phi) is 5.00. The van der Waals surface area contributed by atoms with Crippen LogP contribution < -0.4 is 10.2 Å². The number of para-hydroxylation sites is 1. The van der Waals surface area contributed by atoms with Gasteiger partial charge in [0.05, 0.1) is 25.4 Å². The summed E-state index contributed by atoms with van der Waals surface area (Å²) < 4.78 is 7.37. The molecule has 142 valence electrons. The summed E-state index contributed by atoms with van der Waals surface area (Å²) in [4.78, 5) is 12.7. The molecular weight excluding hydrogens is 362 g/mol. The van der Waals surface area contributed by atoms with Crippen LogP contribution >= 0.6 is 0 Å². The summed E-state index contributed by atoms with van der Waals surface area (Å²) in [5.41, 5.74) is 4.92. The van der Waals surface area contributed by atoms with Crippen molar-refractivity contribution in [3.63, 3.8) is 0 Å². The highest BCUT2D eigenvalue weighted by atomic mass is 16.5. The Morgan fingerprint density at radius 2 is 1.90 bits per heavy atom. The number of amides is 1. The van der Waals surface area contributed by atoms with Crippen LogP contribution in [0, 0.1) is 12.3 Å². The minimum Gasteiger partial charge on any atom is -0.496 e. The largest absolute Gasteiger partial charge is 0.496 e. The van der Waals surface area contributed by atoms with Gasteiger partial charge in [0.25, 0.3) is 5.91 Å². The first-order valence-corrected chi connectivity index (χ1v) is 9.13. The minimum absolute atomic E-state index is 0.337. The van der Waals surface area contributed by atoms with E-state index in [1.165, 1.54) is 0 Å².